The molecule has 0 radical (unpaired) electrons. The van der Waals surface area contributed by atoms with Crippen LogP contribution >= 0.6 is 0 Å². The van der Waals surface area contributed by atoms with E-state index in [0.717, 1.165) is 24.3 Å². The summed E-state index contributed by atoms with van der Waals surface area (Å²) in [5.74, 6) is 1.06. The molecule has 1 aromatic carbocycles. The lowest BCUT2D eigenvalue weighted by molar-refractivity contribution is 0.0979. The Bertz CT molecular complexity index is 426. The first-order valence-electron chi connectivity index (χ1n) is 9.44. The zero-order valence-electron chi connectivity index (χ0n) is 14.3. The van der Waals surface area contributed by atoms with E-state index in [4.69, 9.17) is 0 Å². The number of rotatable bonds is 9. The molecule has 0 saturated heterocycles. The van der Waals surface area contributed by atoms with Crippen LogP contribution < -0.4 is 0 Å². The van der Waals surface area contributed by atoms with E-state index in [0.29, 0.717) is 5.78 Å². The highest BCUT2D eigenvalue weighted by Crippen LogP contribution is 2.32. The number of unbranched alkanes of at least 4 members (excludes halogenated alkanes) is 5. The fourth-order valence-electron chi connectivity index (χ4n) is 3.59. The summed E-state index contributed by atoms with van der Waals surface area (Å²) in [5, 5.41) is 0. The molecule has 1 aliphatic carbocycles. The largest absolute Gasteiger partial charge is 0.294 e. The van der Waals surface area contributed by atoms with Gasteiger partial charge < -0.3 is 0 Å². The first-order chi connectivity index (χ1) is 10.8. The van der Waals surface area contributed by atoms with Gasteiger partial charge in [0.2, 0.25) is 0 Å². The predicted octanol–water partition coefficient (Wildman–Crippen LogP) is 6.67. The van der Waals surface area contributed by atoms with E-state index in [2.05, 4.69) is 31.2 Å². The van der Waals surface area contributed by atoms with Crippen molar-refractivity contribution in [2.75, 3.05) is 0 Å². The topological polar surface area (TPSA) is 17.1 Å². The second-order valence-corrected chi connectivity index (χ2v) is 6.90. The molecule has 1 nitrogen and oxygen atoms in total. The van der Waals surface area contributed by atoms with Crippen molar-refractivity contribution < 1.29 is 4.79 Å². The van der Waals surface area contributed by atoms with Crippen molar-refractivity contribution in [3.05, 3.63) is 35.4 Å². The second-order valence-electron chi connectivity index (χ2n) is 6.90. The molecule has 1 aromatic rings. The number of benzene rings is 1. The molecular weight excluding hydrogens is 268 g/mol. The predicted molar refractivity (Wildman–Crippen MR) is 94.6 cm³/mol. The van der Waals surface area contributed by atoms with E-state index in [1.807, 2.05) is 0 Å². The van der Waals surface area contributed by atoms with Crippen molar-refractivity contribution in [1.29, 1.82) is 0 Å². The van der Waals surface area contributed by atoms with Crippen LogP contribution in [0, 0.1) is 0 Å². The van der Waals surface area contributed by atoms with Crippen LogP contribution in [-0.4, -0.2) is 5.78 Å². The van der Waals surface area contributed by atoms with Gasteiger partial charge in [-0.3, -0.25) is 4.79 Å². The third-order valence-corrected chi connectivity index (χ3v) is 5.07. The highest BCUT2D eigenvalue weighted by atomic mass is 16.1. The number of carbonyl (C=O) groups is 1. The minimum absolute atomic E-state index is 0.325. The summed E-state index contributed by atoms with van der Waals surface area (Å²) >= 11 is 0. The zero-order valence-corrected chi connectivity index (χ0v) is 14.3. The van der Waals surface area contributed by atoms with Crippen LogP contribution in [0.4, 0.5) is 0 Å². The van der Waals surface area contributed by atoms with Gasteiger partial charge in [-0.05, 0) is 30.7 Å². The first kappa shape index (κ1) is 17.2. The Morgan fingerprint density at radius 2 is 1.55 bits per heavy atom. The maximum Gasteiger partial charge on any atom is 0.162 e. The maximum absolute atomic E-state index is 12.2. The van der Waals surface area contributed by atoms with Crippen molar-refractivity contribution in [2.24, 2.45) is 0 Å². The van der Waals surface area contributed by atoms with Crippen molar-refractivity contribution in [2.45, 2.75) is 89.9 Å². The maximum atomic E-state index is 12.2. The summed E-state index contributed by atoms with van der Waals surface area (Å²) in [7, 11) is 0. The van der Waals surface area contributed by atoms with Gasteiger partial charge in [0.1, 0.15) is 0 Å². The van der Waals surface area contributed by atoms with Gasteiger partial charge >= 0.3 is 0 Å². The van der Waals surface area contributed by atoms with Gasteiger partial charge in [0.25, 0.3) is 0 Å². The van der Waals surface area contributed by atoms with E-state index in [-0.39, 0.29) is 0 Å². The van der Waals surface area contributed by atoms with E-state index < -0.39 is 0 Å². The summed E-state index contributed by atoms with van der Waals surface area (Å²) in [6.07, 6.45) is 15.0. The fourth-order valence-corrected chi connectivity index (χ4v) is 3.59. The molecule has 0 heterocycles. The Morgan fingerprint density at radius 3 is 2.23 bits per heavy atom. The lowest BCUT2D eigenvalue weighted by atomic mass is 9.84. The molecule has 0 N–H and O–H groups in total. The van der Waals surface area contributed by atoms with Crippen LogP contribution in [0.15, 0.2) is 24.3 Å². The highest BCUT2D eigenvalue weighted by molar-refractivity contribution is 5.96. The molecule has 1 aliphatic rings. The van der Waals surface area contributed by atoms with E-state index in [9.17, 15) is 4.79 Å². The summed E-state index contributed by atoms with van der Waals surface area (Å²) in [6, 6.07) is 8.52. The van der Waals surface area contributed by atoms with Crippen LogP contribution in [0.25, 0.3) is 0 Å². The summed E-state index contributed by atoms with van der Waals surface area (Å²) in [4.78, 5) is 12.2. The summed E-state index contributed by atoms with van der Waals surface area (Å²) in [5.41, 5.74) is 2.35. The quantitative estimate of drug-likeness (QED) is 0.368. The lowest BCUT2D eigenvalue weighted by Gasteiger charge is -2.22. The number of ketones is 1. The molecule has 0 bridgehead atoms. The minimum atomic E-state index is 0.325. The average molecular weight is 300 g/mol. The monoisotopic (exact) mass is 300 g/mol. The van der Waals surface area contributed by atoms with Crippen molar-refractivity contribution in [3.8, 4) is 0 Å². The number of carbonyl (C=O) groups excluding carboxylic acids is 1. The smallest absolute Gasteiger partial charge is 0.162 e. The minimum Gasteiger partial charge on any atom is -0.294 e. The zero-order chi connectivity index (χ0) is 15.6. The van der Waals surface area contributed by atoms with E-state index in [1.165, 1.54) is 69.8 Å². The van der Waals surface area contributed by atoms with Crippen molar-refractivity contribution >= 4 is 5.78 Å². The highest BCUT2D eigenvalue weighted by Gasteiger charge is 2.15. The summed E-state index contributed by atoms with van der Waals surface area (Å²) in [6.45, 7) is 2.24. The molecule has 1 saturated carbocycles. The lowest BCUT2D eigenvalue weighted by Crippen LogP contribution is -2.05. The average Bonchev–Trinajstić information content (AvgIpc) is 2.59. The number of hydrogen-bond donors (Lipinski definition) is 0. The van der Waals surface area contributed by atoms with Crippen LogP contribution in [-0.2, 0) is 0 Å². The van der Waals surface area contributed by atoms with Crippen molar-refractivity contribution in [3.63, 3.8) is 0 Å². The molecule has 0 aliphatic heterocycles. The molecular formula is C21H32O. The van der Waals surface area contributed by atoms with Gasteiger partial charge in [0.05, 0.1) is 0 Å². The Morgan fingerprint density at radius 1 is 0.909 bits per heavy atom. The molecule has 0 unspecified atom stereocenters. The normalized spacial score (nSPS) is 15.9. The standard InChI is InChI=1S/C21H32O/c1-2-3-4-5-6-10-13-21(22)20-16-14-19(15-17-20)18-11-8-7-9-12-18/h14-18H,2-13H2,1H3. The molecule has 0 aromatic heterocycles. The van der Waals surface area contributed by atoms with Crippen LogP contribution in [0.5, 0.6) is 0 Å². The second kappa shape index (κ2) is 9.82. The molecule has 1 heteroatoms. The third-order valence-electron chi connectivity index (χ3n) is 5.07. The third kappa shape index (κ3) is 5.59. The van der Waals surface area contributed by atoms with Crippen LogP contribution in [0.1, 0.15) is 106 Å². The van der Waals surface area contributed by atoms with Gasteiger partial charge in [-0.25, -0.2) is 0 Å². The van der Waals surface area contributed by atoms with Crippen LogP contribution in [0.2, 0.25) is 0 Å². The molecule has 122 valence electrons. The number of Topliss-reactive ketones (excluding diaryl/α,β-unsaturated/α-hetero) is 1. The van der Waals surface area contributed by atoms with Gasteiger partial charge in [-0.15, -0.1) is 0 Å². The van der Waals surface area contributed by atoms with E-state index in [1.54, 1.807) is 0 Å². The van der Waals surface area contributed by atoms with Crippen molar-refractivity contribution in [1.82, 2.24) is 0 Å². The van der Waals surface area contributed by atoms with E-state index >= 15 is 0 Å². The Hall–Kier alpha value is -1.11. The van der Waals surface area contributed by atoms with Crippen LogP contribution in [0.3, 0.4) is 0 Å². The summed E-state index contributed by atoms with van der Waals surface area (Å²) < 4.78 is 0. The molecule has 0 amide bonds. The Balaban J connectivity index is 1.73. The van der Waals surface area contributed by atoms with Gasteiger partial charge in [0.15, 0.2) is 5.78 Å². The SMILES string of the molecule is CCCCCCCCC(=O)c1ccc(C2CCCCC2)cc1. The number of hydrogen-bond acceptors (Lipinski definition) is 1. The molecule has 0 spiro atoms. The molecule has 1 fully saturated rings. The Labute approximate surface area is 136 Å². The molecule has 22 heavy (non-hydrogen) atoms. The fraction of sp³-hybridized carbons (Fsp3) is 0.667. The van der Waals surface area contributed by atoms with Gasteiger partial charge in [-0.1, -0.05) is 82.6 Å². The van der Waals surface area contributed by atoms with Gasteiger partial charge in [0, 0.05) is 12.0 Å². The van der Waals surface area contributed by atoms with Gasteiger partial charge in [-0.2, -0.15) is 0 Å². The molecule has 0 atom stereocenters. The Kier molecular flexibility index (Phi) is 7.70. The molecule has 2 rings (SSSR count). The first-order valence-corrected chi connectivity index (χ1v) is 9.44.